The number of amides is 2. The largest absolute Gasteiger partial charge is 0.358 e. The van der Waals surface area contributed by atoms with Crippen LogP contribution in [-0.4, -0.2) is 28.4 Å². The minimum atomic E-state index is -0.129. The molecule has 6 nitrogen and oxygen atoms in total. The maximum Gasteiger partial charge on any atom is 0.239 e. The molecule has 0 fully saturated rings. The van der Waals surface area contributed by atoms with E-state index >= 15 is 0 Å². The van der Waals surface area contributed by atoms with Crippen molar-refractivity contribution >= 4 is 17.5 Å². The van der Waals surface area contributed by atoms with Crippen molar-refractivity contribution in [3.63, 3.8) is 0 Å². The summed E-state index contributed by atoms with van der Waals surface area (Å²) >= 11 is 0. The van der Waals surface area contributed by atoms with E-state index in [2.05, 4.69) is 15.6 Å². The zero-order valence-electron chi connectivity index (χ0n) is 11.4. The lowest BCUT2D eigenvalue weighted by Crippen LogP contribution is -2.23. The number of nitrogens with zero attached hydrogens (tertiary/aromatic N) is 2. The van der Waals surface area contributed by atoms with Gasteiger partial charge >= 0.3 is 0 Å². The number of carbonyl (C=O) groups is 2. The predicted molar refractivity (Wildman–Crippen MR) is 76.0 cm³/mol. The molecule has 0 aliphatic rings. The molecular weight excluding hydrogens is 256 g/mol. The highest BCUT2D eigenvalue weighted by molar-refractivity contribution is 5.89. The van der Waals surface area contributed by atoms with Crippen molar-refractivity contribution in [1.29, 1.82) is 0 Å². The monoisotopic (exact) mass is 272 g/mol. The van der Waals surface area contributed by atoms with Crippen LogP contribution in [0.4, 0.5) is 5.69 Å². The van der Waals surface area contributed by atoms with Crippen LogP contribution in [0.5, 0.6) is 0 Å². The Morgan fingerprint density at radius 2 is 2.15 bits per heavy atom. The number of rotatable bonds is 4. The fourth-order valence-corrected chi connectivity index (χ4v) is 1.87. The molecule has 1 heterocycles. The molecule has 0 bridgehead atoms. The quantitative estimate of drug-likeness (QED) is 0.879. The molecule has 0 saturated heterocycles. The van der Waals surface area contributed by atoms with Crippen molar-refractivity contribution in [2.24, 2.45) is 0 Å². The van der Waals surface area contributed by atoms with E-state index < -0.39 is 0 Å². The van der Waals surface area contributed by atoms with Crippen molar-refractivity contribution < 1.29 is 9.59 Å². The maximum atomic E-state index is 11.5. The van der Waals surface area contributed by atoms with Gasteiger partial charge in [0.2, 0.25) is 11.8 Å². The van der Waals surface area contributed by atoms with Gasteiger partial charge in [-0.2, -0.15) is 0 Å². The van der Waals surface area contributed by atoms with Gasteiger partial charge in [-0.25, -0.2) is 4.98 Å². The highest BCUT2D eigenvalue weighted by atomic mass is 16.2. The van der Waals surface area contributed by atoms with Gasteiger partial charge in [0, 0.05) is 37.6 Å². The Bertz CT molecular complexity index is 634. The second-order valence-corrected chi connectivity index (χ2v) is 4.31. The highest BCUT2D eigenvalue weighted by Gasteiger charge is 2.09. The van der Waals surface area contributed by atoms with Crippen LogP contribution in [0.15, 0.2) is 36.7 Å². The molecule has 0 spiro atoms. The van der Waals surface area contributed by atoms with Crippen molar-refractivity contribution in [2.45, 2.75) is 13.5 Å². The van der Waals surface area contributed by atoms with E-state index in [1.54, 1.807) is 30.1 Å². The number of anilines is 1. The first kappa shape index (κ1) is 13.8. The van der Waals surface area contributed by atoms with E-state index in [9.17, 15) is 9.59 Å². The molecule has 20 heavy (non-hydrogen) atoms. The number of benzene rings is 1. The number of aromatic nitrogens is 2. The molecule has 2 aromatic rings. The van der Waals surface area contributed by atoms with Crippen molar-refractivity contribution in [3.8, 4) is 11.4 Å². The summed E-state index contributed by atoms with van der Waals surface area (Å²) in [4.78, 5) is 26.8. The summed E-state index contributed by atoms with van der Waals surface area (Å²) < 4.78 is 1.76. The second kappa shape index (κ2) is 6.01. The molecule has 2 amide bonds. The fraction of sp³-hybridized carbons (Fsp3) is 0.214. The van der Waals surface area contributed by atoms with Crippen LogP contribution in [-0.2, 0) is 16.1 Å². The molecule has 0 unspecified atom stereocenters. The van der Waals surface area contributed by atoms with Gasteiger partial charge in [0.25, 0.3) is 0 Å². The molecule has 1 aromatic heterocycles. The molecule has 0 saturated carbocycles. The third-order valence-electron chi connectivity index (χ3n) is 2.75. The molecule has 0 atom stereocenters. The lowest BCUT2D eigenvalue weighted by Gasteiger charge is -2.08. The van der Waals surface area contributed by atoms with Gasteiger partial charge in [-0.3, -0.25) is 9.59 Å². The first-order valence-electron chi connectivity index (χ1n) is 6.20. The summed E-state index contributed by atoms with van der Waals surface area (Å²) in [6.07, 6.45) is 3.39. The van der Waals surface area contributed by atoms with E-state index in [-0.39, 0.29) is 18.4 Å². The summed E-state index contributed by atoms with van der Waals surface area (Å²) in [5.74, 6) is 0.457. The van der Waals surface area contributed by atoms with Crippen LogP contribution in [0, 0.1) is 0 Å². The Balaban J connectivity index is 2.30. The molecule has 104 valence electrons. The standard InChI is InChI=1S/C14H16N4O2/c1-10(19)17-12-5-3-4-11(8-12)14-16-6-7-18(14)9-13(20)15-2/h3-8H,9H2,1-2H3,(H,15,20)(H,17,19). The lowest BCUT2D eigenvalue weighted by molar-refractivity contribution is -0.121. The first-order valence-corrected chi connectivity index (χ1v) is 6.20. The van der Waals surface area contributed by atoms with E-state index in [1.165, 1.54) is 6.92 Å². The average Bonchev–Trinajstić information content (AvgIpc) is 2.86. The number of carbonyl (C=O) groups excluding carboxylic acids is 2. The van der Waals surface area contributed by atoms with Gasteiger partial charge < -0.3 is 15.2 Å². The summed E-state index contributed by atoms with van der Waals surface area (Å²) in [6.45, 7) is 1.66. The number of imidazole rings is 1. The van der Waals surface area contributed by atoms with Crippen LogP contribution in [0.2, 0.25) is 0 Å². The third-order valence-corrected chi connectivity index (χ3v) is 2.75. The van der Waals surface area contributed by atoms with Crippen molar-refractivity contribution in [3.05, 3.63) is 36.7 Å². The Labute approximate surface area is 116 Å². The van der Waals surface area contributed by atoms with E-state index in [4.69, 9.17) is 0 Å². The minimum Gasteiger partial charge on any atom is -0.358 e. The predicted octanol–water partition coefficient (Wildman–Crippen LogP) is 1.25. The van der Waals surface area contributed by atoms with Crippen molar-refractivity contribution in [1.82, 2.24) is 14.9 Å². The van der Waals surface area contributed by atoms with Gasteiger partial charge in [-0.05, 0) is 12.1 Å². The SMILES string of the molecule is CNC(=O)Cn1ccnc1-c1cccc(NC(C)=O)c1. The normalized spacial score (nSPS) is 10.1. The Kier molecular flexibility index (Phi) is 4.14. The van der Waals surface area contributed by atoms with Crippen molar-refractivity contribution in [2.75, 3.05) is 12.4 Å². The number of likely N-dealkylation sites (N-methyl/N-ethyl adjacent to an activating group) is 1. The summed E-state index contributed by atoms with van der Waals surface area (Å²) in [5, 5.41) is 5.30. The van der Waals surface area contributed by atoms with Crippen LogP contribution in [0.3, 0.4) is 0 Å². The Morgan fingerprint density at radius 3 is 2.85 bits per heavy atom. The number of hydrogen-bond acceptors (Lipinski definition) is 3. The molecule has 2 rings (SSSR count). The molecule has 0 aliphatic heterocycles. The Hall–Kier alpha value is -2.63. The van der Waals surface area contributed by atoms with Crippen LogP contribution >= 0.6 is 0 Å². The smallest absolute Gasteiger partial charge is 0.239 e. The molecule has 6 heteroatoms. The van der Waals surface area contributed by atoms with Crippen LogP contribution in [0.1, 0.15) is 6.92 Å². The van der Waals surface area contributed by atoms with Crippen LogP contribution < -0.4 is 10.6 Å². The molecular formula is C14H16N4O2. The zero-order valence-corrected chi connectivity index (χ0v) is 11.4. The number of hydrogen-bond donors (Lipinski definition) is 2. The molecule has 1 aromatic carbocycles. The second-order valence-electron chi connectivity index (χ2n) is 4.31. The Morgan fingerprint density at radius 1 is 1.35 bits per heavy atom. The lowest BCUT2D eigenvalue weighted by atomic mass is 10.2. The molecule has 0 aliphatic carbocycles. The van der Waals surface area contributed by atoms with Gasteiger partial charge in [-0.1, -0.05) is 12.1 Å². The highest BCUT2D eigenvalue weighted by Crippen LogP contribution is 2.21. The van der Waals surface area contributed by atoms with Crippen LogP contribution in [0.25, 0.3) is 11.4 Å². The van der Waals surface area contributed by atoms with Gasteiger partial charge in [0.05, 0.1) is 0 Å². The summed E-state index contributed by atoms with van der Waals surface area (Å²) in [5.41, 5.74) is 1.54. The average molecular weight is 272 g/mol. The van der Waals surface area contributed by atoms with Gasteiger partial charge in [0.15, 0.2) is 0 Å². The fourth-order valence-electron chi connectivity index (χ4n) is 1.87. The molecule has 0 radical (unpaired) electrons. The van der Waals surface area contributed by atoms with E-state index in [1.807, 2.05) is 18.2 Å². The van der Waals surface area contributed by atoms with Gasteiger partial charge in [0.1, 0.15) is 12.4 Å². The summed E-state index contributed by atoms with van der Waals surface area (Å²) in [7, 11) is 1.59. The topological polar surface area (TPSA) is 76.0 Å². The number of nitrogens with one attached hydrogen (secondary N) is 2. The zero-order chi connectivity index (χ0) is 14.5. The third kappa shape index (κ3) is 3.23. The first-order chi connectivity index (χ1) is 9.60. The van der Waals surface area contributed by atoms with Gasteiger partial charge in [-0.15, -0.1) is 0 Å². The van der Waals surface area contributed by atoms with E-state index in [0.717, 1.165) is 5.56 Å². The molecule has 2 N–H and O–H groups in total. The van der Waals surface area contributed by atoms with E-state index in [0.29, 0.717) is 11.5 Å². The maximum absolute atomic E-state index is 11.5. The summed E-state index contributed by atoms with van der Waals surface area (Å²) in [6, 6.07) is 7.34. The minimum absolute atomic E-state index is 0.0951.